The molecule has 0 amide bonds. The van der Waals surface area contributed by atoms with Crippen LogP contribution >= 0.6 is 12.4 Å². The Morgan fingerprint density at radius 3 is 2.71 bits per heavy atom. The molecule has 0 aliphatic carbocycles. The molecule has 1 aromatic carbocycles. The Hall–Kier alpha value is -0.930. The molecular weight excluding hydrogens is 238 g/mol. The molecule has 0 bridgehead atoms. The van der Waals surface area contributed by atoms with Gasteiger partial charge in [0.25, 0.3) is 0 Å². The largest absolute Gasteiger partial charge is 0.493 e. The number of rotatable bonds is 1. The van der Waals surface area contributed by atoms with Crippen LogP contribution in [0.15, 0.2) is 18.2 Å². The van der Waals surface area contributed by atoms with Crippen LogP contribution in [0.5, 0.6) is 11.5 Å². The highest BCUT2D eigenvalue weighted by molar-refractivity contribution is 5.85. The highest BCUT2D eigenvalue weighted by Gasteiger charge is 2.20. The van der Waals surface area contributed by atoms with Gasteiger partial charge in [0.05, 0.1) is 6.61 Å². The molecule has 1 aliphatic rings. The van der Waals surface area contributed by atoms with Crippen molar-refractivity contribution in [2.45, 2.75) is 38.8 Å². The lowest BCUT2D eigenvalue weighted by atomic mass is 10.0. The van der Waals surface area contributed by atoms with Gasteiger partial charge >= 0.3 is 0 Å². The highest BCUT2D eigenvalue weighted by Crippen LogP contribution is 2.34. The Morgan fingerprint density at radius 2 is 2.06 bits per heavy atom. The lowest BCUT2D eigenvalue weighted by Gasteiger charge is -2.26. The second-order valence-electron chi connectivity index (χ2n) is 5.16. The minimum atomic E-state index is -0.187. The second-order valence-corrected chi connectivity index (χ2v) is 5.16. The van der Waals surface area contributed by atoms with Crippen LogP contribution in [0.1, 0.15) is 38.8 Å². The van der Waals surface area contributed by atoms with Crippen molar-refractivity contribution in [1.29, 1.82) is 0 Å². The van der Waals surface area contributed by atoms with Gasteiger partial charge in [-0.25, -0.2) is 0 Å². The van der Waals surface area contributed by atoms with Crippen LogP contribution in [0, 0.1) is 0 Å². The Kier molecular flexibility index (Phi) is 4.28. The van der Waals surface area contributed by atoms with Crippen LogP contribution in [0.2, 0.25) is 0 Å². The third-order valence-corrected chi connectivity index (χ3v) is 2.49. The summed E-state index contributed by atoms with van der Waals surface area (Å²) in [5.41, 5.74) is 6.91. The molecule has 1 aromatic rings. The minimum Gasteiger partial charge on any atom is -0.493 e. The van der Waals surface area contributed by atoms with E-state index in [1.54, 1.807) is 0 Å². The van der Waals surface area contributed by atoms with E-state index in [0.717, 1.165) is 23.5 Å². The number of nitrogens with two attached hydrogens (primary N) is 1. The third kappa shape index (κ3) is 3.51. The minimum absolute atomic E-state index is 0. The Labute approximate surface area is 109 Å². The fraction of sp³-hybridized carbons (Fsp3) is 0.538. The predicted octanol–water partition coefficient (Wildman–Crippen LogP) is 3.07. The van der Waals surface area contributed by atoms with Crippen LogP contribution in [0.25, 0.3) is 0 Å². The van der Waals surface area contributed by atoms with Gasteiger partial charge in [-0.05, 0) is 39.0 Å². The van der Waals surface area contributed by atoms with E-state index in [4.69, 9.17) is 15.2 Å². The lowest BCUT2D eigenvalue weighted by molar-refractivity contribution is 0.130. The molecule has 3 nitrogen and oxygen atoms in total. The molecule has 0 radical (unpaired) electrons. The molecule has 0 unspecified atom stereocenters. The van der Waals surface area contributed by atoms with Gasteiger partial charge < -0.3 is 15.2 Å². The molecule has 0 fully saturated rings. The van der Waals surface area contributed by atoms with E-state index >= 15 is 0 Å². The number of hydrogen-bond acceptors (Lipinski definition) is 3. The van der Waals surface area contributed by atoms with Crippen LogP contribution in [0.4, 0.5) is 0 Å². The average Bonchev–Trinajstić information content (AvgIpc) is 2.17. The number of halogens is 1. The van der Waals surface area contributed by atoms with Crippen molar-refractivity contribution in [3.05, 3.63) is 23.8 Å². The zero-order chi connectivity index (χ0) is 11.8. The summed E-state index contributed by atoms with van der Waals surface area (Å²) in [4.78, 5) is 0. The second kappa shape index (κ2) is 5.15. The molecule has 17 heavy (non-hydrogen) atoms. The van der Waals surface area contributed by atoms with Gasteiger partial charge in [-0.15, -0.1) is 12.4 Å². The summed E-state index contributed by atoms with van der Waals surface area (Å²) >= 11 is 0. The summed E-state index contributed by atoms with van der Waals surface area (Å²) in [6, 6.07) is 5.93. The summed E-state index contributed by atoms with van der Waals surface area (Å²) in [5.74, 6) is 1.74. The number of fused-ring (bicyclic) bond motifs is 1. The van der Waals surface area contributed by atoms with Crippen molar-refractivity contribution in [1.82, 2.24) is 0 Å². The van der Waals surface area contributed by atoms with Crippen LogP contribution in [-0.2, 0) is 0 Å². The SMILES string of the molecule is CC(C)(C)Oc1ccc2c(c1)[C@@H](N)CCO2.Cl. The molecule has 1 atom stereocenters. The molecule has 0 saturated carbocycles. The van der Waals surface area contributed by atoms with Crippen molar-refractivity contribution < 1.29 is 9.47 Å². The average molecular weight is 258 g/mol. The van der Waals surface area contributed by atoms with E-state index in [1.807, 2.05) is 39.0 Å². The van der Waals surface area contributed by atoms with E-state index in [9.17, 15) is 0 Å². The maximum absolute atomic E-state index is 6.04. The Bertz CT molecular complexity index is 387. The van der Waals surface area contributed by atoms with Gasteiger partial charge in [-0.3, -0.25) is 0 Å². The quantitative estimate of drug-likeness (QED) is 0.841. The fourth-order valence-electron chi connectivity index (χ4n) is 1.82. The van der Waals surface area contributed by atoms with Crippen LogP contribution in [0.3, 0.4) is 0 Å². The first-order valence-corrected chi connectivity index (χ1v) is 5.67. The Balaban J connectivity index is 0.00000144. The first-order chi connectivity index (χ1) is 7.46. The topological polar surface area (TPSA) is 44.5 Å². The molecule has 1 heterocycles. The number of benzene rings is 1. The first-order valence-electron chi connectivity index (χ1n) is 5.67. The smallest absolute Gasteiger partial charge is 0.124 e. The van der Waals surface area contributed by atoms with Gasteiger partial charge in [0.2, 0.25) is 0 Å². The zero-order valence-electron chi connectivity index (χ0n) is 10.5. The van der Waals surface area contributed by atoms with E-state index in [2.05, 4.69) is 0 Å². The molecule has 96 valence electrons. The van der Waals surface area contributed by atoms with Crippen molar-refractivity contribution >= 4 is 12.4 Å². The number of hydrogen-bond donors (Lipinski definition) is 1. The van der Waals surface area contributed by atoms with Crippen molar-refractivity contribution in [2.24, 2.45) is 5.73 Å². The van der Waals surface area contributed by atoms with E-state index in [0.29, 0.717) is 6.61 Å². The molecule has 4 heteroatoms. The van der Waals surface area contributed by atoms with Crippen molar-refractivity contribution in [2.75, 3.05) is 6.61 Å². The summed E-state index contributed by atoms with van der Waals surface area (Å²) in [6.07, 6.45) is 0.867. The van der Waals surface area contributed by atoms with Gasteiger partial charge in [-0.2, -0.15) is 0 Å². The van der Waals surface area contributed by atoms with E-state index in [-0.39, 0.29) is 24.0 Å². The lowest BCUT2D eigenvalue weighted by Crippen LogP contribution is -2.24. The third-order valence-electron chi connectivity index (χ3n) is 2.49. The van der Waals surface area contributed by atoms with Crippen molar-refractivity contribution in [3.8, 4) is 11.5 Å². The van der Waals surface area contributed by atoms with Crippen LogP contribution in [-0.4, -0.2) is 12.2 Å². The zero-order valence-corrected chi connectivity index (χ0v) is 11.3. The Morgan fingerprint density at radius 1 is 1.35 bits per heavy atom. The monoisotopic (exact) mass is 257 g/mol. The molecule has 1 aliphatic heterocycles. The van der Waals surface area contributed by atoms with Crippen molar-refractivity contribution in [3.63, 3.8) is 0 Å². The standard InChI is InChI=1S/C13H19NO2.ClH/c1-13(2,3)16-9-4-5-12-10(8-9)11(14)6-7-15-12;/h4-5,8,11H,6-7,14H2,1-3H3;1H/t11-;/m0./s1. The van der Waals surface area contributed by atoms with E-state index in [1.165, 1.54) is 0 Å². The van der Waals surface area contributed by atoms with Crippen LogP contribution < -0.4 is 15.2 Å². The summed E-state index contributed by atoms with van der Waals surface area (Å²) < 4.78 is 11.3. The molecule has 0 saturated heterocycles. The van der Waals surface area contributed by atoms with Gasteiger partial charge in [0.1, 0.15) is 17.1 Å². The van der Waals surface area contributed by atoms with Gasteiger partial charge in [0, 0.05) is 18.0 Å². The molecule has 0 aromatic heterocycles. The normalized spacial score (nSPS) is 18.7. The molecule has 2 N–H and O–H groups in total. The maximum atomic E-state index is 6.04. The van der Waals surface area contributed by atoms with Gasteiger partial charge in [-0.1, -0.05) is 0 Å². The van der Waals surface area contributed by atoms with E-state index < -0.39 is 0 Å². The molecule has 2 rings (SSSR count). The summed E-state index contributed by atoms with van der Waals surface area (Å²) in [5, 5.41) is 0. The molecular formula is C13H20ClNO2. The highest BCUT2D eigenvalue weighted by atomic mass is 35.5. The maximum Gasteiger partial charge on any atom is 0.124 e. The fourth-order valence-corrected chi connectivity index (χ4v) is 1.82. The van der Waals surface area contributed by atoms with Gasteiger partial charge in [0.15, 0.2) is 0 Å². The first kappa shape index (κ1) is 14.1. The predicted molar refractivity (Wildman–Crippen MR) is 71.1 cm³/mol. The summed E-state index contributed by atoms with van der Waals surface area (Å²) in [7, 11) is 0. The number of ether oxygens (including phenoxy) is 2. The molecule has 0 spiro atoms. The summed E-state index contributed by atoms with van der Waals surface area (Å²) in [6.45, 7) is 6.79.